The van der Waals surface area contributed by atoms with E-state index in [1.165, 1.54) is 0 Å². The molecule has 0 rings (SSSR count). The summed E-state index contributed by atoms with van der Waals surface area (Å²) in [5, 5.41) is 7.59. The van der Waals surface area contributed by atoms with E-state index in [-0.39, 0.29) is 5.88 Å². The third kappa shape index (κ3) is 22.7. The van der Waals surface area contributed by atoms with Crippen LogP contribution in [0.15, 0.2) is 0 Å². The predicted molar refractivity (Wildman–Crippen MR) is 35.1 cm³/mol. The normalized spacial score (nSPS) is 11.4. The Morgan fingerprint density at radius 3 is 1.71 bits per heavy atom. The van der Waals surface area contributed by atoms with Crippen molar-refractivity contribution in [3.8, 4) is 0 Å². The van der Waals surface area contributed by atoms with Gasteiger partial charge in [0.15, 0.2) is 0 Å². The maximum absolute atomic E-state index is 9.61. The van der Waals surface area contributed by atoms with Gasteiger partial charge in [-0.15, -0.1) is 11.6 Å². The molecule has 0 heterocycles. The van der Waals surface area contributed by atoms with E-state index in [0.29, 0.717) is 0 Å². The molecule has 9 nitrogen and oxygen atoms in total. The summed E-state index contributed by atoms with van der Waals surface area (Å²) in [6.07, 6.45) is 0. The van der Waals surface area contributed by atoms with E-state index in [1.54, 1.807) is 0 Å². The number of halogens is 1. The molecule has 0 amide bonds. The van der Waals surface area contributed by atoms with Gasteiger partial charge in [-0.1, -0.05) is 0 Å². The van der Waals surface area contributed by atoms with Crippen LogP contribution in [0.5, 0.6) is 0 Å². The number of carboxylic acids is 1. The second-order valence-corrected chi connectivity index (χ2v) is 7.60. The first-order valence-corrected chi connectivity index (χ1v) is 9.47. The van der Waals surface area contributed by atoms with Crippen molar-refractivity contribution in [3.05, 3.63) is 0 Å². The Balaban J connectivity index is 0. The van der Waals surface area contributed by atoms with Crippen molar-refractivity contribution in [2.45, 2.75) is 0 Å². The summed E-state index contributed by atoms with van der Waals surface area (Å²) in [6.45, 7) is 0. The Kier molecular flexibility index (Phi) is 7.77. The van der Waals surface area contributed by atoms with E-state index < -0.39 is 30.5 Å². The molecular formula is C2H6ClO9PW. The van der Waals surface area contributed by atoms with Gasteiger partial charge in [0.1, 0.15) is 5.88 Å². The first-order valence-electron chi connectivity index (χ1n) is 2.50. The number of alkyl halides is 1. The number of carbonyl (C=O) groups is 1. The second kappa shape index (κ2) is 6.57. The van der Waals surface area contributed by atoms with Crippen LogP contribution in [0.3, 0.4) is 0 Å². The van der Waals surface area contributed by atoms with Crippen LogP contribution < -0.4 is 0 Å². The van der Waals surface area contributed by atoms with Gasteiger partial charge in [-0.2, -0.15) is 0 Å². The molecule has 0 saturated carbocycles. The van der Waals surface area contributed by atoms with Crippen LogP contribution in [0.25, 0.3) is 0 Å². The Bertz CT molecular complexity index is 314. The fourth-order valence-electron chi connectivity index (χ4n) is 0.123. The molecule has 0 fully saturated rings. The van der Waals surface area contributed by atoms with Crippen molar-refractivity contribution in [3.63, 3.8) is 0 Å². The summed E-state index contributed by atoms with van der Waals surface area (Å²) in [5.41, 5.74) is 0. The molecule has 0 aromatic rings. The predicted octanol–water partition coefficient (Wildman–Crippen LogP) is -0.927. The van der Waals surface area contributed by atoms with Gasteiger partial charge in [0.25, 0.3) is 0 Å². The third-order valence-corrected chi connectivity index (χ3v) is 5.04. The Hall–Kier alpha value is 0.118. The Morgan fingerprint density at radius 2 is 1.71 bits per heavy atom. The third-order valence-electron chi connectivity index (χ3n) is 0.306. The van der Waals surface area contributed by atoms with Crippen LogP contribution in [0.4, 0.5) is 0 Å². The van der Waals surface area contributed by atoms with Crippen molar-refractivity contribution in [1.29, 1.82) is 0 Å². The second-order valence-electron chi connectivity index (χ2n) is 1.52. The van der Waals surface area contributed by atoms with Gasteiger partial charge in [0, 0.05) is 0 Å². The number of phosphoric acid groups is 1. The first kappa shape index (κ1) is 16.5. The molecule has 0 aliphatic rings. The van der Waals surface area contributed by atoms with E-state index in [0.717, 1.165) is 0 Å². The van der Waals surface area contributed by atoms with Crippen molar-refractivity contribution in [1.82, 2.24) is 0 Å². The fraction of sp³-hybridized carbons (Fsp3) is 0.500. The van der Waals surface area contributed by atoms with Crippen molar-refractivity contribution in [2.75, 3.05) is 5.88 Å². The maximum atomic E-state index is 9.61. The summed E-state index contributed by atoms with van der Waals surface area (Å²) in [4.78, 5) is 24.7. The van der Waals surface area contributed by atoms with Crippen LogP contribution in [0.2, 0.25) is 0 Å². The molecule has 0 aromatic carbocycles. The summed E-state index contributed by atoms with van der Waals surface area (Å²) < 4.78 is 39.5. The Labute approximate surface area is 86.2 Å². The molecule has 0 saturated heterocycles. The van der Waals surface area contributed by atoms with Gasteiger partial charge >= 0.3 is 58.6 Å². The van der Waals surface area contributed by atoms with E-state index in [2.05, 4.69) is 3.18 Å². The number of hydrogen-bond donors (Lipinski definition) is 4. The van der Waals surface area contributed by atoms with Gasteiger partial charge in [0.2, 0.25) is 0 Å². The van der Waals surface area contributed by atoms with Gasteiger partial charge in [-0.25, -0.2) is 0 Å². The monoisotopic (exact) mass is 424 g/mol. The zero-order valence-corrected chi connectivity index (χ0v) is 10.9. The Morgan fingerprint density at radius 1 is 1.43 bits per heavy atom. The first-order chi connectivity index (χ1) is 5.98. The van der Waals surface area contributed by atoms with Crippen molar-refractivity contribution >= 4 is 25.4 Å². The molecule has 0 aliphatic carbocycles. The summed E-state index contributed by atoms with van der Waals surface area (Å²) in [7, 11) is -5.07. The molecule has 0 bridgehead atoms. The molecule has 0 unspecified atom stereocenters. The summed E-state index contributed by atoms with van der Waals surface area (Å²) in [5.74, 6) is -1.29. The minimum absolute atomic E-state index is 0.306. The van der Waals surface area contributed by atoms with E-state index >= 15 is 0 Å². The number of rotatable bonds is 3. The molecule has 86 valence electrons. The van der Waals surface area contributed by atoms with Crippen LogP contribution in [0.1, 0.15) is 0 Å². The molecule has 0 atom stereocenters. The van der Waals surface area contributed by atoms with Gasteiger partial charge in [0.05, 0.1) is 0 Å². The van der Waals surface area contributed by atoms with Crippen LogP contribution in [-0.4, -0.2) is 30.5 Å². The van der Waals surface area contributed by atoms with E-state index in [9.17, 15) is 16.2 Å². The molecule has 14 heavy (non-hydrogen) atoms. The molecule has 12 heteroatoms. The van der Waals surface area contributed by atoms with Gasteiger partial charge in [-0.3, -0.25) is 4.79 Å². The number of hydrogen-bond acceptors (Lipinski definition) is 5. The number of carboxylic acid groups (broad SMARTS) is 1. The van der Waals surface area contributed by atoms with Crippen molar-refractivity contribution in [2.24, 2.45) is 0 Å². The quantitative estimate of drug-likeness (QED) is 0.332. The van der Waals surface area contributed by atoms with Crippen LogP contribution >= 0.6 is 19.4 Å². The van der Waals surface area contributed by atoms with Gasteiger partial charge < -0.3 is 5.11 Å². The fourth-order valence-corrected chi connectivity index (χ4v) is 3.01. The van der Waals surface area contributed by atoms with Crippen molar-refractivity contribution < 1.29 is 54.7 Å². The number of aliphatic carboxylic acids is 1. The zero-order valence-electron chi connectivity index (χ0n) is 6.27. The average molecular weight is 424 g/mol. The average Bonchev–Trinajstić information content (AvgIpc) is 1.80. The topological polar surface area (TPSA) is 158 Å². The van der Waals surface area contributed by atoms with Crippen LogP contribution in [0, 0.1) is 0 Å². The van der Waals surface area contributed by atoms with E-state index in [1.807, 2.05) is 0 Å². The van der Waals surface area contributed by atoms with E-state index in [4.69, 9.17) is 30.3 Å². The minimum atomic E-state index is -6.19. The van der Waals surface area contributed by atoms with Gasteiger partial charge in [-0.05, 0) is 0 Å². The molecular weight excluding hydrogens is 418 g/mol. The SMILES string of the molecule is O=C(O)CCl.O=P(O)(O)[O][W](=[O])(=[O])[OH]. The molecule has 0 aromatic heterocycles. The standard InChI is InChI=1S/C2H3ClO2.H3O4P.H2O.2O.W/c3-1-2(4)5;1-5(2,3)4;;;;/h1H2,(H,4,5);(H3,1,2,3,4);1H2;;;/q;;;;;+2/p-2. The molecule has 4 N–H and O–H groups in total. The van der Waals surface area contributed by atoms with Crippen LogP contribution in [-0.2, 0) is 36.1 Å². The summed E-state index contributed by atoms with van der Waals surface area (Å²) >= 11 is -1.46. The molecule has 0 radical (unpaired) electrons. The molecule has 0 aliphatic heterocycles. The zero-order chi connectivity index (χ0) is 12.0. The summed E-state index contributed by atoms with van der Waals surface area (Å²) in [6, 6.07) is 0. The molecule has 0 spiro atoms.